The van der Waals surface area contributed by atoms with Crippen molar-refractivity contribution in [3.05, 3.63) is 23.9 Å². The van der Waals surface area contributed by atoms with E-state index in [2.05, 4.69) is 22.4 Å². The van der Waals surface area contributed by atoms with Gasteiger partial charge in [-0.25, -0.2) is 4.98 Å². The Labute approximate surface area is 89.1 Å². The topological polar surface area (TPSA) is 48.7 Å². The molecule has 1 N–H and O–H groups in total. The zero-order valence-electron chi connectivity index (χ0n) is 8.53. The van der Waals surface area contributed by atoms with Gasteiger partial charge in [-0.1, -0.05) is 6.07 Å². The number of aromatic nitrogens is 1. The first-order valence-electron chi connectivity index (χ1n) is 5.43. The van der Waals surface area contributed by atoms with Crippen molar-refractivity contribution >= 4 is 5.82 Å². The van der Waals surface area contributed by atoms with Crippen molar-refractivity contribution < 1.29 is 0 Å². The summed E-state index contributed by atoms with van der Waals surface area (Å²) in [6.45, 7) is 0.956. The molecule has 1 aromatic rings. The fourth-order valence-electron chi connectivity index (χ4n) is 2.96. The van der Waals surface area contributed by atoms with Gasteiger partial charge in [-0.05, 0) is 25.3 Å². The summed E-state index contributed by atoms with van der Waals surface area (Å²) in [7, 11) is 0. The van der Waals surface area contributed by atoms with Crippen molar-refractivity contribution in [2.75, 3.05) is 11.9 Å². The summed E-state index contributed by atoms with van der Waals surface area (Å²) in [6.07, 6.45) is 4.97. The van der Waals surface area contributed by atoms with Crippen LogP contribution in [0.4, 0.5) is 5.82 Å². The molecule has 1 aliphatic carbocycles. The quantitative estimate of drug-likeness (QED) is 0.695. The van der Waals surface area contributed by atoms with E-state index in [1.54, 1.807) is 0 Å². The smallest absolute Gasteiger partial charge is 0.129 e. The molecule has 0 bridgehead atoms. The summed E-state index contributed by atoms with van der Waals surface area (Å²) in [5.74, 6) is 1.26. The van der Waals surface area contributed by atoms with Crippen LogP contribution in [0.15, 0.2) is 18.3 Å². The summed E-state index contributed by atoms with van der Waals surface area (Å²) in [4.78, 5) is 4.34. The van der Waals surface area contributed by atoms with Crippen molar-refractivity contribution in [3.8, 4) is 6.07 Å². The molecular weight excluding hydrogens is 186 g/mol. The third-order valence-corrected chi connectivity index (χ3v) is 3.76. The average Bonchev–Trinajstić information content (AvgIpc) is 2.86. The Bertz CT molecular complexity index is 435. The third-order valence-electron chi connectivity index (χ3n) is 3.76. The second kappa shape index (κ2) is 2.96. The van der Waals surface area contributed by atoms with Crippen LogP contribution in [-0.2, 0) is 5.41 Å². The fraction of sp³-hybridized carbons (Fsp3) is 0.500. The Morgan fingerprint density at radius 1 is 1.60 bits per heavy atom. The van der Waals surface area contributed by atoms with Gasteiger partial charge in [-0.3, -0.25) is 0 Å². The third kappa shape index (κ3) is 1.14. The van der Waals surface area contributed by atoms with E-state index in [0.29, 0.717) is 0 Å². The summed E-state index contributed by atoms with van der Waals surface area (Å²) in [5, 5.41) is 12.3. The molecule has 3 nitrogen and oxygen atoms in total. The minimum atomic E-state index is 0.198. The van der Waals surface area contributed by atoms with E-state index >= 15 is 0 Å². The Morgan fingerprint density at radius 3 is 3.33 bits per heavy atom. The molecule has 0 aromatic carbocycles. The lowest BCUT2D eigenvalue weighted by Crippen LogP contribution is -2.24. The minimum absolute atomic E-state index is 0.198. The molecule has 1 spiro atoms. The second-order valence-electron chi connectivity index (χ2n) is 4.60. The molecule has 2 heterocycles. The van der Waals surface area contributed by atoms with Gasteiger partial charge in [0.05, 0.1) is 6.07 Å². The molecule has 2 atom stereocenters. The molecular formula is C12H13N3. The van der Waals surface area contributed by atoms with Crippen molar-refractivity contribution in [1.29, 1.82) is 5.26 Å². The molecule has 2 aliphatic rings. The standard InChI is InChI=1S/C12H13N3/c13-7-9-3-4-12(6-9)8-15-11-10(12)2-1-5-14-11/h1-2,5,9H,3-4,6,8H2,(H,14,15). The van der Waals surface area contributed by atoms with E-state index in [1.807, 2.05) is 12.3 Å². The lowest BCUT2D eigenvalue weighted by molar-refractivity contribution is 0.477. The van der Waals surface area contributed by atoms with E-state index in [9.17, 15) is 0 Å². The molecule has 1 fully saturated rings. The summed E-state index contributed by atoms with van der Waals surface area (Å²) < 4.78 is 0. The molecule has 1 saturated carbocycles. The van der Waals surface area contributed by atoms with Gasteiger partial charge in [0.15, 0.2) is 0 Å². The van der Waals surface area contributed by atoms with E-state index in [0.717, 1.165) is 31.6 Å². The van der Waals surface area contributed by atoms with Gasteiger partial charge in [0.2, 0.25) is 0 Å². The lowest BCUT2D eigenvalue weighted by atomic mass is 9.81. The van der Waals surface area contributed by atoms with Crippen molar-refractivity contribution in [3.63, 3.8) is 0 Å². The zero-order chi connectivity index (χ0) is 10.3. The first-order chi connectivity index (χ1) is 7.34. The predicted octanol–water partition coefficient (Wildman–Crippen LogP) is 2.07. The highest BCUT2D eigenvalue weighted by molar-refractivity contribution is 5.55. The van der Waals surface area contributed by atoms with Gasteiger partial charge in [-0.2, -0.15) is 5.26 Å². The van der Waals surface area contributed by atoms with Gasteiger partial charge >= 0.3 is 0 Å². The molecule has 0 amide bonds. The predicted molar refractivity (Wildman–Crippen MR) is 57.4 cm³/mol. The molecule has 76 valence electrons. The molecule has 1 aliphatic heterocycles. The number of nitrogens with zero attached hydrogens (tertiary/aromatic N) is 2. The SMILES string of the molecule is N#CC1CCC2(CNc3ncccc32)C1. The van der Waals surface area contributed by atoms with Crippen LogP contribution in [0.1, 0.15) is 24.8 Å². The molecule has 15 heavy (non-hydrogen) atoms. The van der Waals surface area contributed by atoms with E-state index in [4.69, 9.17) is 5.26 Å². The molecule has 2 unspecified atom stereocenters. The van der Waals surface area contributed by atoms with Gasteiger partial charge in [0.1, 0.15) is 5.82 Å². The van der Waals surface area contributed by atoms with E-state index in [1.165, 1.54) is 5.56 Å². The first kappa shape index (κ1) is 8.72. The highest BCUT2D eigenvalue weighted by atomic mass is 15.0. The highest BCUT2D eigenvalue weighted by Gasteiger charge is 2.45. The molecule has 0 saturated heterocycles. The molecule has 0 radical (unpaired) electrons. The fourth-order valence-corrected chi connectivity index (χ4v) is 2.96. The Kier molecular flexibility index (Phi) is 1.72. The summed E-state index contributed by atoms with van der Waals surface area (Å²) in [6, 6.07) is 6.55. The maximum Gasteiger partial charge on any atom is 0.129 e. The largest absolute Gasteiger partial charge is 0.369 e. The van der Waals surface area contributed by atoms with Crippen molar-refractivity contribution in [1.82, 2.24) is 4.98 Å². The van der Waals surface area contributed by atoms with Gasteiger partial charge in [-0.15, -0.1) is 0 Å². The number of nitrogens with one attached hydrogen (secondary N) is 1. The Balaban J connectivity index is 2.01. The van der Waals surface area contributed by atoms with Gasteiger partial charge < -0.3 is 5.32 Å². The lowest BCUT2D eigenvalue weighted by Gasteiger charge is -2.22. The van der Waals surface area contributed by atoms with Crippen LogP contribution in [0.25, 0.3) is 0 Å². The number of hydrogen-bond donors (Lipinski definition) is 1. The van der Waals surface area contributed by atoms with Crippen LogP contribution in [0.5, 0.6) is 0 Å². The van der Waals surface area contributed by atoms with Crippen LogP contribution >= 0.6 is 0 Å². The normalized spacial score (nSPS) is 32.3. The van der Waals surface area contributed by atoms with Crippen molar-refractivity contribution in [2.45, 2.75) is 24.7 Å². The molecule has 3 heteroatoms. The Morgan fingerprint density at radius 2 is 2.53 bits per heavy atom. The van der Waals surface area contributed by atoms with Gasteiger partial charge in [0, 0.05) is 29.6 Å². The molecule has 3 rings (SSSR count). The van der Waals surface area contributed by atoms with E-state index < -0.39 is 0 Å². The number of nitriles is 1. The Hall–Kier alpha value is -1.56. The number of hydrogen-bond acceptors (Lipinski definition) is 3. The second-order valence-corrected chi connectivity index (χ2v) is 4.60. The van der Waals surface area contributed by atoms with Crippen LogP contribution in [0.2, 0.25) is 0 Å². The average molecular weight is 199 g/mol. The number of fused-ring (bicyclic) bond motifs is 2. The number of anilines is 1. The maximum atomic E-state index is 8.97. The summed E-state index contributed by atoms with van der Waals surface area (Å²) in [5.41, 5.74) is 1.52. The zero-order valence-corrected chi connectivity index (χ0v) is 8.53. The van der Waals surface area contributed by atoms with Crippen LogP contribution in [0, 0.1) is 17.2 Å². The van der Waals surface area contributed by atoms with E-state index in [-0.39, 0.29) is 11.3 Å². The number of rotatable bonds is 0. The first-order valence-corrected chi connectivity index (χ1v) is 5.43. The van der Waals surface area contributed by atoms with Gasteiger partial charge in [0.25, 0.3) is 0 Å². The minimum Gasteiger partial charge on any atom is -0.369 e. The van der Waals surface area contributed by atoms with Crippen LogP contribution < -0.4 is 5.32 Å². The van der Waals surface area contributed by atoms with Crippen molar-refractivity contribution in [2.24, 2.45) is 5.92 Å². The monoisotopic (exact) mass is 199 g/mol. The van der Waals surface area contributed by atoms with Crippen LogP contribution in [-0.4, -0.2) is 11.5 Å². The van der Waals surface area contributed by atoms with Crippen LogP contribution in [0.3, 0.4) is 0 Å². The summed E-state index contributed by atoms with van der Waals surface area (Å²) >= 11 is 0. The molecule has 1 aromatic heterocycles. The number of pyridine rings is 1. The highest BCUT2D eigenvalue weighted by Crippen LogP contribution is 2.48. The maximum absolute atomic E-state index is 8.97.